The maximum absolute atomic E-state index is 12.6. The molecule has 3 rings (SSSR count). The van der Waals surface area contributed by atoms with Crippen molar-refractivity contribution in [3.8, 4) is 0 Å². The van der Waals surface area contributed by atoms with Gasteiger partial charge >= 0.3 is 11.9 Å². The summed E-state index contributed by atoms with van der Waals surface area (Å²) in [6.07, 6.45) is -0.368. The third-order valence-electron chi connectivity index (χ3n) is 4.45. The van der Waals surface area contributed by atoms with Crippen LogP contribution < -0.4 is 11.1 Å². The molecule has 0 aliphatic carbocycles. The van der Waals surface area contributed by atoms with Crippen LogP contribution in [-0.2, 0) is 24.0 Å². The second kappa shape index (κ2) is 8.24. The first kappa shape index (κ1) is 20.9. The number of carbonyl (C=O) groups is 4. The van der Waals surface area contributed by atoms with Crippen molar-refractivity contribution >= 4 is 57.7 Å². The molecule has 4 atom stereocenters. The minimum absolute atomic E-state index is 0.175. The van der Waals surface area contributed by atoms with Gasteiger partial charge in [0, 0.05) is 17.1 Å². The van der Waals surface area contributed by atoms with Crippen molar-refractivity contribution in [2.24, 2.45) is 11.1 Å². The number of nitrogens with one attached hydrogen (secondary N) is 1. The van der Waals surface area contributed by atoms with Crippen LogP contribution in [0.5, 0.6) is 0 Å². The largest absolute Gasteiger partial charge is 0.481 e. The smallest absolute Gasteiger partial charge is 0.326 e. The van der Waals surface area contributed by atoms with Crippen molar-refractivity contribution in [2.45, 2.75) is 23.9 Å². The molecular weight excluding hydrogens is 426 g/mol. The van der Waals surface area contributed by atoms with Crippen LogP contribution in [0.3, 0.4) is 0 Å². The summed E-state index contributed by atoms with van der Waals surface area (Å²) < 4.78 is 0. The molecule has 12 nitrogen and oxygen atoms in total. The first-order valence-corrected chi connectivity index (χ1v) is 10.2. The highest BCUT2D eigenvalue weighted by Crippen LogP contribution is 2.41. The highest BCUT2D eigenvalue weighted by Gasteiger charge is 2.58. The standard InChI is InChI=1S/C15H17N5O7S2/c1-27-19-8(6-4-29-15(16)17-6)11(23)18-9-12(24)20-10(14(25)26)5(2-7(21)22)3-28-13(9)20/h4-5,9-10,13H,2-3H2,1H3,(H2,16,17)(H,18,23)(H,21,22)(H,25,26)/b19-8-/t5-,9+,10-,13+/m0/s1. The number of carboxylic acid groups (broad SMARTS) is 2. The van der Waals surface area contributed by atoms with E-state index in [9.17, 15) is 24.3 Å². The Balaban J connectivity index is 1.75. The highest BCUT2D eigenvalue weighted by atomic mass is 32.2. The molecule has 14 heteroatoms. The van der Waals surface area contributed by atoms with Crippen molar-refractivity contribution < 1.29 is 34.2 Å². The molecule has 0 unspecified atom stereocenters. The van der Waals surface area contributed by atoms with Crippen molar-refractivity contribution in [2.75, 3.05) is 18.6 Å². The number of hydrogen-bond acceptors (Lipinski definition) is 10. The summed E-state index contributed by atoms with van der Waals surface area (Å²) in [5, 5.41) is 25.8. The molecule has 1 aromatic heterocycles. The average Bonchev–Trinajstić information content (AvgIpc) is 3.08. The van der Waals surface area contributed by atoms with Gasteiger partial charge in [0.05, 0.1) is 6.42 Å². The predicted octanol–water partition coefficient (Wildman–Crippen LogP) is -0.980. The Morgan fingerprint density at radius 1 is 1.45 bits per heavy atom. The number of thioether (sulfide) groups is 1. The lowest BCUT2D eigenvalue weighted by molar-refractivity contribution is -0.165. The third kappa shape index (κ3) is 3.98. The first-order chi connectivity index (χ1) is 13.7. The second-order valence-corrected chi connectivity index (χ2v) is 8.29. The molecule has 156 valence electrons. The van der Waals surface area contributed by atoms with E-state index in [1.165, 1.54) is 24.3 Å². The van der Waals surface area contributed by atoms with E-state index in [1.807, 2.05) is 0 Å². The van der Waals surface area contributed by atoms with Crippen LogP contribution in [0.1, 0.15) is 12.1 Å². The molecule has 2 aliphatic rings. The van der Waals surface area contributed by atoms with Gasteiger partial charge in [0.25, 0.3) is 5.91 Å². The molecule has 0 spiro atoms. The number of nitrogen functional groups attached to an aromatic ring is 1. The minimum atomic E-state index is -1.28. The summed E-state index contributed by atoms with van der Waals surface area (Å²) >= 11 is 2.32. The number of β-lactam (4-membered cyclic amide) rings is 1. The van der Waals surface area contributed by atoms with Crippen LogP contribution in [0.2, 0.25) is 0 Å². The first-order valence-electron chi connectivity index (χ1n) is 8.26. The summed E-state index contributed by atoms with van der Waals surface area (Å²) in [4.78, 5) is 57.6. The van der Waals surface area contributed by atoms with E-state index in [2.05, 4.69) is 20.3 Å². The predicted molar refractivity (Wildman–Crippen MR) is 102 cm³/mol. The molecule has 2 fully saturated rings. The molecule has 2 aliphatic heterocycles. The Morgan fingerprint density at radius 2 is 2.17 bits per heavy atom. The molecule has 0 aromatic carbocycles. The van der Waals surface area contributed by atoms with Gasteiger partial charge in [-0.3, -0.25) is 14.4 Å². The SMILES string of the molecule is CO/N=C(\C(=O)N[C@@H]1C(=O)N2[C@@H]1SC[C@H](CC(=O)O)[C@H]2C(=O)O)c1csc(N)n1. The van der Waals surface area contributed by atoms with Gasteiger partial charge in [0.1, 0.15) is 30.3 Å². The van der Waals surface area contributed by atoms with E-state index >= 15 is 0 Å². The van der Waals surface area contributed by atoms with Gasteiger partial charge in [-0.1, -0.05) is 5.16 Å². The van der Waals surface area contributed by atoms with Crippen molar-refractivity contribution in [3.05, 3.63) is 11.1 Å². The molecule has 2 amide bonds. The summed E-state index contributed by atoms with van der Waals surface area (Å²) in [5.74, 6) is -4.25. The van der Waals surface area contributed by atoms with Gasteiger partial charge in [0.2, 0.25) is 5.91 Å². The number of aliphatic carboxylic acids is 2. The lowest BCUT2D eigenvalue weighted by Gasteiger charge is -2.54. The van der Waals surface area contributed by atoms with Gasteiger partial charge < -0.3 is 31.0 Å². The Hall–Kier alpha value is -2.87. The number of carbonyl (C=O) groups excluding carboxylic acids is 2. The molecule has 5 N–H and O–H groups in total. The number of carboxylic acids is 2. The Bertz CT molecular complexity index is 888. The van der Waals surface area contributed by atoms with Crippen LogP contribution in [0.4, 0.5) is 5.13 Å². The van der Waals surface area contributed by atoms with Gasteiger partial charge in [-0.15, -0.1) is 23.1 Å². The minimum Gasteiger partial charge on any atom is -0.481 e. The fourth-order valence-electron chi connectivity index (χ4n) is 3.25. The average molecular weight is 443 g/mol. The second-order valence-electron chi connectivity index (χ2n) is 6.26. The fourth-order valence-corrected chi connectivity index (χ4v) is 5.31. The number of hydrogen-bond donors (Lipinski definition) is 4. The van der Waals surface area contributed by atoms with E-state index in [1.54, 1.807) is 0 Å². The Kier molecular flexibility index (Phi) is 5.93. The van der Waals surface area contributed by atoms with Gasteiger partial charge in [-0.2, -0.15) is 0 Å². The van der Waals surface area contributed by atoms with Crippen molar-refractivity contribution in [3.63, 3.8) is 0 Å². The maximum atomic E-state index is 12.6. The highest BCUT2D eigenvalue weighted by molar-refractivity contribution is 8.00. The zero-order valence-corrected chi connectivity index (χ0v) is 16.6. The number of anilines is 1. The summed E-state index contributed by atoms with van der Waals surface area (Å²) in [6, 6.07) is -2.23. The van der Waals surface area contributed by atoms with E-state index in [4.69, 9.17) is 10.8 Å². The van der Waals surface area contributed by atoms with Gasteiger partial charge in [-0.05, 0) is 0 Å². The Morgan fingerprint density at radius 3 is 2.72 bits per heavy atom. The Labute approximate surface area is 172 Å². The van der Waals surface area contributed by atoms with Crippen LogP contribution in [-0.4, -0.2) is 79.9 Å². The zero-order chi connectivity index (χ0) is 21.3. The van der Waals surface area contributed by atoms with Crippen molar-refractivity contribution in [1.29, 1.82) is 0 Å². The van der Waals surface area contributed by atoms with E-state index in [0.717, 1.165) is 16.2 Å². The molecule has 29 heavy (non-hydrogen) atoms. The van der Waals surface area contributed by atoms with E-state index in [0.29, 0.717) is 0 Å². The van der Waals surface area contributed by atoms with Crippen molar-refractivity contribution in [1.82, 2.24) is 15.2 Å². The lowest BCUT2D eigenvalue weighted by atomic mass is 9.91. The van der Waals surface area contributed by atoms with Crippen LogP contribution in [0, 0.1) is 5.92 Å². The lowest BCUT2D eigenvalue weighted by Crippen LogP contribution is -2.76. The summed E-state index contributed by atoms with van der Waals surface area (Å²) in [6.45, 7) is 0. The van der Waals surface area contributed by atoms with Crippen LogP contribution >= 0.6 is 23.1 Å². The van der Waals surface area contributed by atoms with Crippen LogP contribution in [0.15, 0.2) is 10.5 Å². The fraction of sp³-hybridized carbons (Fsp3) is 0.467. The normalized spacial score (nSPS) is 26.3. The molecule has 3 heterocycles. The molecule has 0 radical (unpaired) electrons. The third-order valence-corrected chi connectivity index (χ3v) is 6.58. The number of thiazole rings is 1. The van der Waals surface area contributed by atoms with E-state index in [-0.39, 0.29) is 28.7 Å². The molecule has 1 aromatic rings. The topological polar surface area (TPSA) is 185 Å². The molecule has 0 bridgehead atoms. The molecular formula is C15H17N5O7S2. The van der Waals surface area contributed by atoms with E-state index < -0.39 is 47.1 Å². The number of aromatic nitrogens is 1. The number of amides is 2. The number of fused-ring (bicyclic) bond motifs is 1. The number of rotatable bonds is 7. The van der Waals surface area contributed by atoms with Crippen LogP contribution in [0.25, 0.3) is 0 Å². The van der Waals surface area contributed by atoms with Gasteiger partial charge in [-0.25, -0.2) is 9.78 Å². The number of nitrogens with zero attached hydrogens (tertiary/aromatic N) is 3. The monoisotopic (exact) mass is 443 g/mol. The number of oxime groups is 1. The van der Waals surface area contributed by atoms with Gasteiger partial charge in [0.15, 0.2) is 10.8 Å². The quantitative estimate of drug-likeness (QED) is 0.232. The molecule has 2 saturated heterocycles. The number of nitrogens with two attached hydrogens (primary N) is 1. The summed E-state index contributed by atoms with van der Waals surface area (Å²) in [5.41, 5.74) is 5.57. The molecule has 0 saturated carbocycles. The summed E-state index contributed by atoms with van der Waals surface area (Å²) in [7, 11) is 1.25. The maximum Gasteiger partial charge on any atom is 0.326 e. The zero-order valence-electron chi connectivity index (χ0n) is 15.0.